The molecule has 0 radical (unpaired) electrons. The van der Waals surface area contributed by atoms with Gasteiger partial charge in [-0.3, -0.25) is 4.79 Å². The molecule has 2 fully saturated rings. The molecular formula is C11H20N2O. The molecule has 80 valence electrons. The standard InChI is InChI=1S/C11H20N2O/c1-8-3-2-4-10(8)11(14)13-6-9(5-12)7-13/h8-10H,2-7,12H2,1H3. The molecule has 2 rings (SSSR count). The predicted molar refractivity (Wildman–Crippen MR) is 55.6 cm³/mol. The van der Waals surface area contributed by atoms with Gasteiger partial charge in [0.1, 0.15) is 0 Å². The molecule has 0 aromatic carbocycles. The molecule has 1 amide bonds. The summed E-state index contributed by atoms with van der Waals surface area (Å²) >= 11 is 0. The number of hydrogen-bond donors (Lipinski definition) is 1. The summed E-state index contributed by atoms with van der Waals surface area (Å²) in [5, 5.41) is 0. The zero-order valence-corrected chi connectivity index (χ0v) is 8.91. The highest BCUT2D eigenvalue weighted by Gasteiger charge is 2.37. The molecule has 3 heteroatoms. The third-order valence-electron chi connectivity index (χ3n) is 3.78. The van der Waals surface area contributed by atoms with E-state index in [0.717, 1.165) is 26.1 Å². The van der Waals surface area contributed by atoms with E-state index in [1.807, 2.05) is 4.90 Å². The van der Waals surface area contributed by atoms with Gasteiger partial charge in [-0.2, -0.15) is 0 Å². The van der Waals surface area contributed by atoms with Crippen LogP contribution in [0, 0.1) is 17.8 Å². The van der Waals surface area contributed by atoms with Crippen LogP contribution in [0.3, 0.4) is 0 Å². The SMILES string of the molecule is CC1CCCC1C(=O)N1CC(CN)C1. The van der Waals surface area contributed by atoms with Crippen molar-refractivity contribution < 1.29 is 4.79 Å². The summed E-state index contributed by atoms with van der Waals surface area (Å²) in [6.07, 6.45) is 3.56. The molecular weight excluding hydrogens is 176 g/mol. The van der Waals surface area contributed by atoms with E-state index in [-0.39, 0.29) is 0 Å². The van der Waals surface area contributed by atoms with E-state index in [0.29, 0.717) is 23.7 Å². The maximum Gasteiger partial charge on any atom is 0.225 e. The Morgan fingerprint density at radius 3 is 2.64 bits per heavy atom. The van der Waals surface area contributed by atoms with Crippen LogP contribution in [0.25, 0.3) is 0 Å². The fourth-order valence-corrected chi connectivity index (χ4v) is 2.65. The minimum absolute atomic E-state index is 0.314. The molecule has 2 aliphatic rings. The van der Waals surface area contributed by atoms with E-state index in [9.17, 15) is 4.79 Å². The predicted octanol–water partition coefficient (Wildman–Crippen LogP) is 0.840. The minimum atomic E-state index is 0.314. The molecule has 1 heterocycles. The lowest BCUT2D eigenvalue weighted by Gasteiger charge is -2.40. The number of carbonyl (C=O) groups excluding carboxylic acids is 1. The molecule has 0 spiro atoms. The van der Waals surface area contributed by atoms with Crippen molar-refractivity contribution in [3.63, 3.8) is 0 Å². The summed E-state index contributed by atoms with van der Waals surface area (Å²) in [4.78, 5) is 14.0. The third kappa shape index (κ3) is 1.65. The van der Waals surface area contributed by atoms with Crippen LogP contribution in [-0.2, 0) is 4.79 Å². The Kier molecular flexibility index (Phi) is 2.77. The van der Waals surface area contributed by atoms with Crippen LogP contribution < -0.4 is 5.73 Å². The van der Waals surface area contributed by atoms with E-state index in [4.69, 9.17) is 5.73 Å². The highest BCUT2D eigenvalue weighted by molar-refractivity contribution is 5.80. The maximum atomic E-state index is 12.0. The average Bonchev–Trinajstić information content (AvgIpc) is 2.49. The Labute approximate surface area is 85.6 Å². The first-order chi connectivity index (χ1) is 6.72. The van der Waals surface area contributed by atoms with Crippen molar-refractivity contribution in [1.82, 2.24) is 4.90 Å². The van der Waals surface area contributed by atoms with E-state index in [1.165, 1.54) is 12.8 Å². The second-order valence-electron chi connectivity index (χ2n) is 4.86. The molecule has 1 saturated heterocycles. The van der Waals surface area contributed by atoms with Gasteiger partial charge in [0.25, 0.3) is 0 Å². The lowest BCUT2D eigenvalue weighted by molar-refractivity contribution is -0.142. The van der Waals surface area contributed by atoms with Gasteiger partial charge < -0.3 is 10.6 Å². The van der Waals surface area contributed by atoms with Crippen LogP contribution in [-0.4, -0.2) is 30.4 Å². The lowest BCUT2D eigenvalue weighted by Crippen LogP contribution is -2.54. The van der Waals surface area contributed by atoms with E-state index in [1.54, 1.807) is 0 Å². The molecule has 14 heavy (non-hydrogen) atoms. The normalized spacial score (nSPS) is 33.1. The number of amides is 1. The van der Waals surface area contributed by atoms with Crippen LogP contribution in [0.15, 0.2) is 0 Å². The second-order valence-corrected chi connectivity index (χ2v) is 4.86. The Morgan fingerprint density at radius 2 is 2.14 bits per heavy atom. The summed E-state index contributed by atoms with van der Waals surface area (Å²) in [5.41, 5.74) is 5.54. The van der Waals surface area contributed by atoms with Crippen LogP contribution >= 0.6 is 0 Å². The average molecular weight is 196 g/mol. The zero-order chi connectivity index (χ0) is 10.1. The van der Waals surface area contributed by atoms with Crippen molar-refractivity contribution in [2.75, 3.05) is 19.6 Å². The molecule has 2 N–H and O–H groups in total. The first-order valence-corrected chi connectivity index (χ1v) is 5.71. The highest BCUT2D eigenvalue weighted by atomic mass is 16.2. The topological polar surface area (TPSA) is 46.3 Å². The van der Waals surface area contributed by atoms with Gasteiger partial charge in [-0.1, -0.05) is 13.3 Å². The summed E-state index contributed by atoms with van der Waals surface area (Å²) in [6, 6.07) is 0. The van der Waals surface area contributed by atoms with Crippen molar-refractivity contribution in [2.45, 2.75) is 26.2 Å². The fraction of sp³-hybridized carbons (Fsp3) is 0.909. The smallest absolute Gasteiger partial charge is 0.225 e. The van der Waals surface area contributed by atoms with Crippen molar-refractivity contribution in [3.8, 4) is 0 Å². The molecule has 0 aromatic rings. The van der Waals surface area contributed by atoms with Crippen molar-refractivity contribution in [3.05, 3.63) is 0 Å². The van der Waals surface area contributed by atoms with Crippen LogP contribution in [0.5, 0.6) is 0 Å². The number of likely N-dealkylation sites (tertiary alicyclic amines) is 1. The van der Waals surface area contributed by atoms with Crippen molar-refractivity contribution in [1.29, 1.82) is 0 Å². The molecule has 2 unspecified atom stereocenters. The summed E-state index contributed by atoms with van der Waals surface area (Å²) in [6.45, 7) is 4.73. The number of nitrogens with zero attached hydrogens (tertiary/aromatic N) is 1. The molecule has 0 aromatic heterocycles. The lowest BCUT2D eigenvalue weighted by atomic mass is 9.92. The Hall–Kier alpha value is -0.570. The molecule has 0 bridgehead atoms. The minimum Gasteiger partial charge on any atom is -0.342 e. The Bertz CT molecular complexity index is 223. The van der Waals surface area contributed by atoms with Gasteiger partial charge in [0.15, 0.2) is 0 Å². The zero-order valence-electron chi connectivity index (χ0n) is 8.91. The molecule has 1 saturated carbocycles. The number of hydrogen-bond acceptors (Lipinski definition) is 2. The number of carbonyl (C=O) groups is 1. The van der Waals surface area contributed by atoms with Crippen LogP contribution in [0.2, 0.25) is 0 Å². The first kappa shape index (κ1) is 9.97. The summed E-state index contributed by atoms with van der Waals surface area (Å²) < 4.78 is 0. The van der Waals surface area contributed by atoms with Gasteiger partial charge >= 0.3 is 0 Å². The number of nitrogens with two attached hydrogens (primary N) is 1. The molecule has 2 atom stereocenters. The fourth-order valence-electron chi connectivity index (χ4n) is 2.65. The summed E-state index contributed by atoms with van der Waals surface area (Å²) in [7, 11) is 0. The second kappa shape index (κ2) is 3.89. The highest BCUT2D eigenvalue weighted by Crippen LogP contribution is 2.34. The molecule has 1 aliphatic heterocycles. The van der Waals surface area contributed by atoms with Crippen molar-refractivity contribution >= 4 is 5.91 Å². The van der Waals surface area contributed by atoms with Gasteiger partial charge in [0.05, 0.1) is 0 Å². The molecule has 1 aliphatic carbocycles. The van der Waals surface area contributed by atoms with Gasteiger partial charge in [-0.05, 0) is 25.3 Å². The Balaban J connectivity index is 1.84. The third-order valence-corrected chi connectivity index (χ3v) is 3.78. The first-order valence-electron chi connectivity index (χ1n) is 5.71. The van der Waals surface area contributed by atoms with Gasteiger partial charge in [-0.25, -0.2) is 0 Å². The van der Waals surface area contributed by atoms with Crippen molar-refractivity contribution in [2.24, 2.45) is 23.5 Å². The maximum absolute atomic E-state index is 12.0. The van der Waals surface area contributed by atoms with Crippen LogP contribution in [0.1, 0.15) is 26.2 Å². The number of rotatable bonds is 2. The van der Waals surface area contributed by atoms with Gasteiger partial charge in [0, 0.05) is 24.9 Å². The largest absolute Gasteiger partial charge is 0.342 e. The van der Waals surface area contributed by atoms with Crippen LogP contribution in [0.4, 0.5) is 0 Å². The van der Waals surface area contributed by atoms with E-state index >= 15 is 0 Å². The molecule has 3 nitrogen and oxygen atoms in total. The van der Waals surface area contributed by atoms with E-state index < -0.39 is 0 Å². The van der Waals surface area contributed by atoms with Gasteiger partial charge in [-0.15, -0.1) is 0 Å². The quantitative estimate of drug-likeness (QED) is 0.711. The van der Waals surface area contributed by atoms with E-state index in [2.05, 4.69) is 6.92 Å². The van der Waals surface area contributed by atoms with Gasteiger partial charge in [0.2, 0.25) is 5.91 Å². The summed E-state index contributed by atoms with van der Waals surface area (Å²) in [5.74, 6) is 1.86. The monoisotopic (exact) mass is 196 g/mol. The Morgan fingerprint density at radius 1 is 1.43 bits per heavy atom.